The van der Waals surface area contributed by atoms with Crippen LogP contribution in [0.15, 0.2) is 0 Å². The van der Waals surface area contributed by atoms with Crippen LogP contribution in [0.3, 0.4) is 0 Å². The van der Waals surface area contributed by atoms with Gasteiger partial charge in [0.2, 0.25) is 0 Å². The molecule has 1 heteroatoms. The largest absolute Gasteiger partial charge is 0.412 e. The van der Waals surface area contributed by atoms with Crippen molar-refractivity contribution in [1.82, 2.24) is 0 Å². The van der Waals surface area contributed by atoms with Crippen molar-refractivity contribution in [3.8, 4) is 0 Å². The summed E-state index contributed by atoms with van der Waals surface area (Å²) in [7, 11) is 0. The zero-order valence-corrected chi connectivity index (χ0v) is 13.8. The summed E-state index contributed by atoms with van der Waals surface area (Å²) < 4.78 is 0. The quantitative estimate of drug-likeness (QED) is 0.604. The van der Waals surface area contributed by atoms with Gasteiger partial charge < -0.3 is 5.48 Å². The lowest BCUT2D eigenvalue weighted by molar-refractivity contribution is 0.215. The Balaban J connectivity index is 0. The van der Waals surface area contributed by atoms with Gasteiger partial charge in [-0.05, 0) is 23.7 Å². The van der Waals surface area contributed by atoms with E-state index in [9.17, 15) is 0 Å². The molecule has 0 heterocycles. The van der Waals surface area contributed by atoms with Crippen molar-refractivity contribution >= 4 is 0 Å². The molecule has 0 aliphatic heterocycles. The average Bonchev–Trinajstić information content (AvgIpc) is 2.23. The van der Waals surface area contributed by atoms with Gasteiger partial charge in [-0.25, -0.2) is 0 Å². The first-order valence-corrected chi connectivity index (χ1v) is 8.02. The molecule has 18 heavy (non-hydrogen) atoms. The monoisotopic (exact) mass is 258 g/mol. The fourth-order valence-electron chi connectivity index (χ4n) is 2.20. The van der Waals surface area contributed by atoms with Gasteiger partial charge in [0.05, 0.1) is 0 Å². The normalized spacial score (nSPS) is 18.2. The van der Waals surface area contributed by atoms with Crippen LogP contribution in [0.1, 0.15) is 86.5 Å². The topological polar surface area (TPSA) is 31.5 Å². The Hall–Kier alpha value is -0.0400. The van der Waals surface area contributed by atoms with E-state index in [4.69, 9.17) is 0 Å². The number of unbranched alkanes of at least 4 members (excludes halogenated alkanes) is 1. The molecule has 1 rings (SSSR count). The second kappa shape index (κ2) is 12.0. The molecule has 0 aromatic heterocycles. The van der Waals surface area contributed by atoms with Crippen molar-refractivity contribution in [3.63, 3.8) is 0 Å². The lowest BCUT2D eigenvalue weighted by atomic mass is 9.76. The molecule has 0 amide bonds. The summed E-state index contributed by atoms with van der Waals surface area (Å²) in [6, 6.07) is 0. The van der Waals surface area contributed by atoms with E-state index >= 15 is 0 Å². The van der Waals surface area contributed by atoms with Gasteiger partial charge in [-0.1, -0.05) is 86.5 Å². The Morgan fingerprint density at radius 1 is 1.00 bits per heavy atom. The first kappa shape index (κ1) is 20.3. The van der Waals surface area contributed by atoms with Gasteiger partial charge in [-0.3, -0.25) is 0 Å². The minimum Gasteiger partial charge on any atom is -0.412 e. The Labute approximate surface area is 116 Å². The first-order chi connectivity index (χ1) is 8.02. The summed E-state index contributed by atoms with van der Waals surface area (Å²) in [6.45, 7) is 13.9. The maximum absolute atomic E-state index is 2.38. The molecule has 0 radical (unpaired) electrons. The van der Waals surface area contributed by atoms with E-state index in [1.807, 2.05) is 0 Å². The van der Waals surface area contributed by atoms with E-state index in [0.29, 0.717) is 0 Å². The van der Waals surface area contributed by atoms with E-state index in [1.165, 1.54) is 44.9 Å². The van der Waals surface area contributed by atoms with Crippen LogP contribution in [0.2, 0.25) is 0 Å². The molecule has 0 saturated heterocycles. The van der Waals surface area contributed by atoms with E-state index in [2.05, 4.69) is 41.5 Å². The summed E-state index contributed by atoms with van der Waals surface area (Å²) in [5, 5.41) is 0. The third kappa shape index (κ3) is 8.97. The van der Waals surface area contributed by atoms with Crippen molar-refractivity contribution in [2.45, 2.75) is 86.5 Å². The Kier molecular flexibility index (Phi) is 13.5. The highest BCUT2D eigenvalue weighted by molar-refractivity contribution is 4.73. The lowest BCUT2D eigenvalue weighted by Gasteiger charge is -2.30. The molecule has 2 atom stereocenters. The van der Waals surface area contributed by atoms with Crippen molar-refractivity contribution in [2.75, 3.05) is 0 Å². The number of hydrogen-bond acceptors (Lipinski definition) is 0. The van der Waals surface area contributed by atoms with E-state index in [0.717, 1.165) is 23.7 Å². The summed E-state index contributed by atoms with van der Waals surface area (Å²) in [5.41, 5.74) is 0. The number of rotatable bonds is 6. The number of hydrogen-bond donors (Lipinski definition) is 0. The fraction of sp³-hybridized carbons (Fsp3) is 1.00. The predicted molar refractivity (Wildman–Crippen MR) is 83.9 cm³/mol. The van der Waals surface area contributed by atoms with E-state index < -0.39 is 0 Å². The van der Waals surface area contributed by atoms with Crippen LogP contribution in [0.5, 0.6) is 0 Å². The molecule has 2 N–H and O–H groups in total. The smallest absolute Gasteiger partial charge is 0.0389 e. The molecule has 0 aromatic rings. The standard InChI is InChI=1S/C9H20.C8H16.H2O/c1-5-6-7-9(4)8(2)3;1-3-7(2)8-5-4-6-8;/h8-9H,5-7H2,1-4H3;7-8H,3-6H2,1-2H3;1H2. The molecule has 0 aromatic carbocycles. The van der Waals surface area contributed by atoms with Crippen LogP contribution < -0.4 is 0 Å². The molecule has 1 aliphatic carbocycles. The molecule has 0 spiro atoms. The van der Waals surface area contributed by atoms with Crippen molar-refractivity contribution < 1.29 is 5.48 Å². The second-order valence-corrected chi connectivity index (χ2v) is 6.44. The van der Waals surface area contributed by atoms with Gasteiger partial charge in [0.1, 0.15) is 0 Å². The van der Waals surface area contributed by atoms with Gasteiger partial charge in [0, 0.05) is 0 Å². The van der Waals surface area contributed by atoms with Crippen LogP contribution in [0, 0.1) is 23.7 Å². The molecular weight excluding hydrogens is 220 g/mol. The molecule has 1 saturated carbocycles. The van der Waals surface area contributed by atoms with Crippen molar-refractivity contribution in [1.29, 1.82) is 0 Å². The average molecular weight is 258 g/mol. The molecule has 1 fully saturated rings. The minimum atomic E-state index is 0. The lowest BCUT2D eigenvalue weighted by Crippen LogP contribution is -2.18. The maximum Gasteiger partial charge on any atom is -0.0389 e. The fourth-order valence-corrected chi connectivity index (χ4v) is 2.20. The summed E-state index contributed by atoms with van der Waals surface area (Å²) in [6.07, 6.45) is 10.0. The molecular formula is C17H38O. The van der Waals surface area contributed by atoms with Gasteiger partial charge in [0.15, 0.2) is 0 Å². The van der Waals surface area contributed by atoms with Crippen LogP contribution >= 0.6 is 0 Å². The first-order valence-electron chi connectivity index (χ1n) is 8.02. The van der Waals surface area contributed by atoms with E-state index in [-0.39, 0.29) is 5.48 Å². The Bertz CT molecular complexity index is 158. The van der Waals surface area contributed by atoms with Crippen LogP contribution in [-0.4, -0.2) is 5.48 Å². The molecule has 112 valence electrons. The third-order valence-electron chi connectivity index (χ3n) is 4.75. The van der Waals surface area contributed by atoms with Crippen molar-refractivity contribution in [2.24, 2.45) is 23.7 Å². The minimum absolute atomic E-state index is 0. The van der Waals surface area contributed by atoms with Crippen molar-refractivity contribution in [3.05, 3.63) is 0 Å². The van der Waals surface area contributed by atoms with Gasteiger partial charge in [-0.15, -0.1) is 0 Å². The van der Waals surface area contributed by atoms with Crippen LogP contribution in [0.25, 0.3) is 0 Å². The summed E-state index contributed by atoms with van der Waals surface area (Å²) in [5.74, 6) is 3.89. The molecule has 1 nitrogen and oxygen atoms in total. The molecule has 0 bridgehead atoms. The Morgan fingerprint density at radius 3 is 1.78 bits per heavy atom. The van der Waals surface area contributed by atoms with Gasteiger partial charge >= 0.3 is 0 Å². The Morgan fingerprint density at radius 2 is 1.56 bits per heavy atom. The maximum atomic E-state index is 2.38. The van der Waals surface area contributed by atoms with E-state index in [1.54, 1.807) is 0 Å². The second-order valence-electron chi connectivity index (χ2n) is 6.44. The predicted octanol–water partition coefficient (Wildman–Crippen LogP) is 5.48. The molecule has 2 unspecified atom stereocenters. The highest BCUT2D eigenvalue weighted by atomic mass is 16.0. The summed E-state index contributed by atoms with van der Waals surface area (Å²) >= 11 is 0. The zero-order chi connectivity index (χ0) is 13.3. The van der Waals surface area contributed by atoms with Gasteiger partial charge in [-0.2, -0.15) is 0 Å². The molecule has 1 aliphatic rings. The highest BCUT2D eigenvalue weighted by Crippen LogP contribution is 2.34. The zero-order valence-electron chi connectivity index (χ0n) is 13.8. The van der Waals surface area contributed by atoms with Crippen LogP contribution in [-0.2, 0) is 0 Å². The summed E-state index contributed by atoms with van der Waals surface area (Å²) in [4.78, 5) is 0. The highest BCUT2D eigenvalue weighted by Gasteiger charge is 2.21. The van der Waals surface area contributed by atoms with Crippen LogP contribution in [0.4, 0.5) is 0 Å². The SMILES string of the molecule is CCC(C)C1CCC1.CCCCC(C)C(C)C.O. The van der Waals surface area contributed by atoms with Gasteiger partial charge in [0.25, 0.3) is 0 Å². The third-order valence-corrected chi connectivity index (χ3v) is 4.75.